The third kappa shape index (κ3) is 4.14. The van der Waals surface area contributed by atoms with E-state index in [1.165, 1.54) is 25.3 Å². The van der Waals surface area contributed by atoms with Crippen molar-refractivity contribution in [2.75, 3.05) is 12.8 Å². The van der Waals surface area contributed by atoms with Crippen LogP contribution in [0.15, 0.2) is 18.2 Å². The van der Waals surface area contributed by atoms with Gasteiger partial charge in [0.15, 0.2) is 17.3 Å². The highest BCUT2D eigenvalue weighted by Crippen LogP contribution is 2.36. The molecule has 1 aromatic carbocycles. The molecule has 0 amide bonds. The number of benzene rings is 1. The molecule has 5 nitrogen and oxygen atoms in total. The van der Waals surface area contributed by atoms with Crippen LogP contribution in [-0.4, -0.2) is 23.7 Å². The number of pyridine rings is 1. The number of rotatable bonds is 3. The molecule has 0 unspecified atom stereocenters. The Balaban J connectivity index is 2.60. The van der Waals surface area contributed by atoms with E-state index in [9.17, 15) is 9.18 Å². The van der Waals surface area contributed by atoms with Gasteiger partial charge in [-0.2, -0.15) is 0 Å². The molecule has 0 aliphatic heterocycles. The zero-order valence-corrected chi connectivity index (χ0v) is 15.6. The van der Waals surface area contributed by atoms with Crippen LogP contribution in [-0.2, 0) is 4.74 Å². The number of ether oxygens (including phenoxy) is 2. The molecule has 2 aromatic rings. The van der Waals surface area contributed by atoms with Crippen molar-refractivity contribution in [1.29, 1.82) is 0 Å². The summed E-state index contributed by atoms with van der Waals surface area (Å²) in [6, 6.07) is 4.23. The normalized spacial score (nSPS) is 11.3. The Morgan fingerprint density at radius 1 is 1.28 bits per heavy atom. The van der Waals surface area contributed by atoms with E-state index in [1.807, 2.05) is 0 Å². The first-order valence-electron chi connectivity index (χ1n) is 7.27. The van der Waals surface area contributed by atoms with Crippen molar-refractivity contribution in [3.8, 4) is 17.0 Å². The molecule has 134 valence electrons. The van der Waals surface area contributed by atoms with Gasteiger partial charge in [0, 0.05) is 5.56 Å². The van der Waals surface area contributed by atoms with Crippen LogP contribution in [0.2, 0.25) is 10.0 Å². The van der Waals surface area contributed by atoms with Gasteiger partial charge in [-0.05, 0) is 39.0 Å². The molecule has 0 bridgehead atoms. The minimum absolute atomic E-state index is 0.0562. The van der Waals surface area contributed by atoms with Gasteiger partial charge in [-0.1, -0.05) is 23.2 Å². The molecule has 0 aliphatic rings. The standard InChI is InChI=1S/C17H17Cl2FN2O3/c1-17(2,3)25-16(23)14-12(19)10(21)7-11(22-14)8-5-6-9(18)15(24-4)13(8)20/h5-7H,1-4H3,(H2,21,22). The van der Waals surface area contributed by atoms with Gasteiger partial charge >= 0.3 is 5.97 Å². The van der Waals surface area contributed by atoms with Crippen LogP contribution < -0.4 is 10.5 Å². The highest BCUT2D eigenvalue weighted by molar-refractivity contribution is 6.35. The minimum atomic E-state index is -0.757. The van der Waals surface area contributed by atoms with E-state index in [0.29, 0.717) is 0 Å². The van der Waals surface area contributed by atoms with Crippen molar-refractivity contribution in [2.24, 2.45) is 0 Å². The van der Waals surface area contributed by atoms with Gasteiger partial charge in [-0.3, -0.25) is 0 Å². The van der Waals surface area contributed by atoms with Crippen LogP contribution in [0.4, 0.5) is 10.1 Å². The lowest BCUT2D eigenvalue weighted by Crippen LogP contribution is -2.25. The van der Waals surface area contributed by atoms with Crippen LogP contribution in [0, 0.1) is 5.82 Å². The van der Waals surface area contributed by atoms with Crippen LogP contribution >= 0.6 is 23.2 Å². The largest absolute Gasteiger partial charge is 0.492 e. The number of nitrogen functional groups attached to an aromatic ring is 1. The van der Waals surface area contributed by atoms with Crippen LogP contribution in [0.3, 0.4) is 0 Å². The molecular weight excluding hydrogens is 370 g/mol. The van der Waals surface area contributed by atoms with Gasteiger partial charge in [-0.25, -0.2) is 14.2 Å². The maximum Gasteiger partial charge on any atom is 0.359 e. The van der Waals surface area contributed by atoms with E-state index in [4.69, 9.17) is 38.4 Å². The lowest BCUT2D eigenvalue weighted by Gasteiger charge is -2.20. The van der Waals surface area contributed by atoms with Crippen molar-refractivity contribution in [3.63, 3.8) is 0 Å². The molecule has 1 aromatic heterocycles. The molecule has 1 heterocycles. The first-order valence-corrected chi connectivity index (χ1v) is 8.02. The van der Waals surface area contributed by atoms with E-state index in [1.54, 1.807) is 20.8 Å². The Morgan fingerprint density at radius 3 is 2.48 bits per heavy atom. The van der Waals surface area contributed by atoms with Gasteiger partial charge < -0.3 is 15.2 Å². The Bertz CT molecular complexity index is 836. The van der Waals surface area contributed by atoms with Crippen LogP contribution in [0.1, 0.15) is 31.3 Å². The fourth-order valence-electron chi connectivity index (χ4n) is 2.07. The predicted octanol–water partition coefficient (Wildman–Crippen LogP) is 4.74. The van der Waals surface area contributed by atoms with Crippen molar-refractivity contribution in [3.05, 3.63) is 39.8 Å². The van der Waals surface area contributed by atoms with Crippen molar-refractivity contribution in [1.82, 2.24) is 4.98 Å². The number of halogens is 3. The molecule has 8 heteroatoms. The summed E-state index contributed by atoms with van der Waals surface area (Å²) in [5.74, 6) is -1.61. The third-order valence-electron chi connectivity index (χ3n) is 3.11. The molecule has 0 aliphatic carbocycles. The van der Waals surface area contributed by atoms with E-state index < -0.39 is 17.4 Å². The Hall–Kier alpha value is -2.05. The monoisotopic (exact) mass is 386 g/mol. The van der Waals surface area contributed by atoms with Gasteiger partial charge in [0.05, 0.1) is 28.5 Å². The average molecular weight is 387 g/mol. The molecule has 2 N–H and O–H groups in total. The Morgan fingerprint density at radius 2 is 1.92 bits per heavy atom. The molecule has 0 saturated carbocycles. The number of anilines is 1. The summed E-state index contributed by atoms with van der Waals surface area (Å²) in [5, 5.41) is 0.0531. The summed E-state index contributed by atoms with van der Waals surface area (Å²) in [6.07, 6.45) is 0. The maximum atomic E-state index is 14.6. The summed E-state index contributed by atoms with van der Waals surface area (Å²) >= 11 is 12.0. The van der Waals surface area contributed by atoms with Gasteiger partial charge in [0.25, 0.3) is 0 Å². The first-order chi connectivity index (χ1) is 11.5. The molecule has 0 atom stereocenters. The maximum absolute atomic E-state index is 14.6. The topological polar surface area (TPSA) is 74.4 Å². The van der Waals surface area contributed by atoms with Gasteiger partial charge in [0.1, 0.15) is 5.60 Å². The predicted molar refractivity (Wildman–Crippen MR) is 95.8 cm³/mol. The summed E-state index contributed by atoms with van der Waals surface area (Å²) in [7, 11) is 1.30. The van der Waals surface area contributed by atoms with E-state index in [-0.39, 0.29) is 38.4 Å². The third-order valence-corrected chi connectivity index (χ3v) is 3.80. The number of hydrogen-bond acceptors (Lipinski definition) is 5. The Labute approximate surface area is 154 Å². The molecule has 0 saturated heterocycles. The van der Waals surface area contributed by atoms with E-state index in [0.717, 1.165) is 0 Å². The number of carbonyl (C=O) groups excluding carboxylic acids is 1. The van der Waals surface area contributed by atoms with Gasteiger partial charge in [0.2, 0.25) is 0 Å². The lowest BCUT2D eigenvalue weighted by atomic mass is 10.1. The second-order valence-corrected chi connectivity index (χ2v) is 6.99. The molecule has 0 spiro atoms. The van der Waals surface area contributed by atoms with Crippen molar-refractivity contribution in [2.45, 2.75) is 26.4 Å². The number of methoxy groups -OCH3 is 1. The number of nitrogens with two attached hydrogens (primary N) is 1. The fraction of sp³-hybridized carbons (Fsp3) is 0.294. The number of nitrogens with zero attached hydrogens (tertiary/aromatic N) is 1. The number of hydrogen-bond donors (Lipinski definition) is 1. The van der Waals surface area contributed by atoms with Crippen molar-refractivity contribution >= 4 is 34.9 Å². The van der Waals surface area contributed by atoms with E-state index in [2.05, 4.69) is 4.98 Å². The lowest BCUT2D eigenvalue weighted by molar-refractivity contribution is 0.00632. The molecule has 0 fully saturated rings. The molecule has 0 radical (unpaired) electrons. The number of aromatic nitrogens is 1. The summed E-state index contributed by atoms with van der Waals surface area (Å²) < 4.78 is 24.8. The minimum Gasteiger partial charge on any atom is -0.492 e. The molecule has 2 rings (SSSR count). The van der Waals surface area contributed by atoms with Crippen LogP contribution in [0.5, 0.6) is 5.75 Å². The fourth-order valence-corrected chi connectivity index (χ4v) is 2.46. The highest BCUT2D eigenvalue weighted by atomic mass is 35.5. The summed E-state index contributed by atoms with van der Waals surface area (Å²) in [5.41, 5.74) is 5.15. The average Bonchev–Trinajstić information content (AvgIpc) is 2.48. The van der Waals surface area contributed by atoms with Crippen molar-refractivity contribution < 1.29 is 18.7 Å². The second-order valence-electron chi connectivity index (χ2n) is 6.20. The SMILES string of the molecule is COc1c(Cl)ccc(-c2cc(N)c(Cl)c(C(=O)OC(C)(C)C)n2)c1F. The zero-order chi connectivity index (χ0) is 18.9. The van der Waals surface area contributed by atoms with Gasteiger partial charge in [-0.15, -0.1) is 0 Å². The molecule has 25 heavy (non-hydrogen) atoms. The second kappa shape index (κ2) is 7.06. The quantitative estimate of drug-likeness (QED) is 0.770. The summed E-state index contributed by atoms with van der Waals surface area (Å²) in [6.45, 7) is 5.11. The first kappa shape index (κ1) is 19.3. The molecular formula is C17H17Cl2FN2O3. The highest BCUT2D eigenvalue weighted by Gasteiger charge is 2.25. The summed E-state index contributed by atoms with van der Waals surface area (Å²) in [4.78, 5) is 16.4. The Kier molecular flexibility index (Phi) is 5.44. The number of esters is 1. The zero-order valence-electron chi connectivity index (χ0n) is 14.1. The van der Waals surface area contributed by atoms with Crippen LogP contribution in [0.25, 0.3) is 11.3 Å². The smallest absolute Gasteiger partial charge is 0.359 e. The van der Waals surface area contributed by atoms with E-state index >= 15 is 0 Å². The number of carbonyl (C=O) groups is 1.